The van der Waals surface area contributed by atoms with E-state index in [1.165, 1.54) is 6.20 Å². The van der Waals surface area contributed by atoms with Gasteiger partial charge in [-0.15, -0.1) is 0 Å². The quantitative estimate of drug-likeness (QED) is 0.320. The largest absolute Gasteiger partial charge is 0.356 e. The van der Waals surface area contributed by atoms with Gasteiger partial charge in [0.05, 0.1) is 17.4 Å². The van der Waals surface area contributed by atoms with Gasteiger partial charge >= 0.3 is 0 Å². The van der Waals surface area contributed by atoms with Crippen LogP contribution in [-0.2, 0) is 29.7 Å². The molecule has 3 heterocycles. The van der Waals surface area contributed by atoms with E-state index in [2.05, 4.69) is 20.2 Å². The number of fused-ring (bicyclic) bond motifs is 1. The third-order valence-corrected chi connectivity index (χ3v) is 7.79. The summed E-state index contributed by atoms with van der Waals surface area (Å²) in [7, 11) is -3.79. The minimum Gasteiger partial charge on any atom is -0.356 e. The van der Waals surface area contributed by atoms with Crippen LogP contribution < -0.4 is 14.9 Å². The minimum atomic E-state index is -3.79. The number of aliphatic hydroxyl groups is 1. The number of aromatic nitrogens is 3. The summed E-state index contributed by atoms with van der Waals surface area (Å²) >= 11 is 0. The molecule has 5 rings (SSSR count). The highest BCUT2D eigenvalue weighted by atomic mass is 32.2. The number of carbonyl (C=O) groups is 1. The molecular weight excluding hydrogens is 496 g/mol. The summed E-state index contributed by atoms with van der Waals surface area (Å²) < 4.78 is 35.6. The van der Waals surface area contributed by atoms with Gasteiger partial charge in [-0.1, -0.05) is 41.6 Å². The molecule has 0 radical (unpaired) electrons. The average Bonchev–Trinajstić information content (AvgIpc) is 3.57. The lowest BCUT2D eigenvalue weighted by Gasteiger charge is -2.33. The Morgan fingerprint density at radius 1 is 1.14 bits per heavy atom. The lowest BCUT2D eigenvalue weighted by molar-refractivity contribution is 0.0727. The van der Waals surface area contributed by atoms with Gasteiger partial charge < -0.3 is 24.4 Å². The second kappa shape index (κ2) is 9.81. The van der Waals surface area contributed by atoms with Crippen molar-refractivity contribution in [2.75, 3.05) is 4.90 Å². The first-order valence-electron chi connectivity index (χ1n) is 11.7. The molecule has 0 aliphatic carbocycles. The number of nitrogens with one attached hydrogen (secondary N) is 2. The van der Waals surface area contributed by atoms with Gasteiger partial charge in [0.2, 0.25) is 16.4 Å². The van der Waals surface area contributed by atoms with Crippen LogP contribution in [0.4, 0.5) is 5.82 Å². The maximum absolute atomic E-state index is 13.0. The molecule has 0 fully saturated rings. The Hall–Kier alpha value is -4.00. The predicted octanol–water partition coefficient (Wildman–Crippen LogP) is 2.37. The first-order chi connectivity index (χ1) is 17.8. The highest BCUT2D eigenvalue weighted by Gasteiger charge is 2.33. The fourth-order valence-electron chi connectivity index (χ4n) is 4.22. The third kappa shape index (κ3) is 4.86. The van der Waals surface area contributed by atoms with Crippen molar-refractivity contribution in [2.24, 2.45) is 0 Å². The summed E-state index contributed by atoms with van der Waals surface area (Å²) in [5.74, 6) is 0.527. The molecule has 12 heteroatoms. The Bertz CT molecular complexity index is 1530. The highest BCUT2D eigenvalue weighted by molar-refractivity contribution is 7.89. The van der Waals surface area contributed by atoms with E-state index in [4.69, 9.17) is 4.52 Å². The van der Waals surface area contributed by atoms with E-state index in [1.807, 2.05) is 31.2 Å². The van der Waals surface area contributed by atoms with Crippen molar-refractivity contribution in [3.63, 3.8) is 0 Å². The van der Waals surface area contributed by atoms with Crippen molar-refractivity contribution >= 4 is 21.7 Å². The zero-order valence-electron chi connectivity index (χ0n) is 20.2. The molecule has 37 heavy (non-hydrogen) atoms. The number of amides is 1. The van der Waals surface area contributed by atoms with Crippen molar-refractivity contribution < 1.29 is 22.8 Å². The first kappa shape index (κ1) is 24.7. The highest BCUT2D eigenvalue weighted by Crippen LogP contribution is 2.27. The van der Waals surface area contributed by atoms with E-state index in [0.29, 0.717) is 41.5 Å². The number of hydrogen-bond donors (Lipinski definition) is 3. The Balaban J connectivity index is 1.28. The van der Waals surface area contributed by atoms with Gasteiger partial charge in [-0.05, 0) is 36.6 Å². The van der Waals surface area contributed by atoms with Gasteiger partial charge in [0, 0.05) is 31.3 Å². The summed E-state index contributed by atoms with van der Waals surface area (Å²) in [6.45, 7) is 4.62. The third-order valence-electron chi connectivity index (χ3n) is 6.24. The molecule has 0 saturated carbocycles. The van der Waals surface area contributed by atoms with Gasteiger partial charge in [0.15, 0.2) is 17.3 Å². The average molecular weight is 523 g/mol. The van der Waals surface area contributed by atoms with E-state index in [1.54, 1.807) is 47.0 Å². The zero-order chi connectivity index (χ0) is 26.2. The normalized spacial score (nSPS) is 15.5. The van der Waals surface area contributed by atoms with E-state index < -0.39 is 16.4 Å². The van der Waals surface area contributed by atoms with Gasteiger partial charge in [0.1, 0.15) is 0 Å². The second-order valence-electron chi connectivity index (χ2n) is 8.68. The molecule has 4 aromatic rings. The fraction of sp³-hybridized carbons (Fsp3) is 0.240. The lowest BCUT2D eigenvalue weighted by Crippen LogP contribution is -2.53. The Morgan fingerprint density at radius 3 is 2.59 bits per heavy atom. The number of anilines is 1. The molecule has 1 aliphatic rings. The number of rotatable bonds is 8. The molecule has 0 spiro atoms. The van der Waals surface area contributed by atoms with Crippen molar-refractivity contribution in [3.05, 3.63) is 83.4 Å². The fourth-order valence-corrected chi connectivity index (χ4v) is 5.50. The van der Waals surface area contributed by atoms with Crippen LogP contribution in [0, 0.1) is 6.92 Å². The van der Waals surface area contributed by atoms with Crippen LogP contribution in [0.3, 0.4) is 0 Å². The van der Waals surface area contributed by atoms with Crippen LogP contribution in [0.1, 0.15) is 34.1 Å². The number of carbonyl (C=O) groups excluding carboxylic acids is 1. The van der Waals surface area contributed by atoms with Crippen molar-refractivity contribution in [2.45, 2.75) is 44.7 Å². The zero-order valence-corrected chi connectivity index (χ0v) is 21.1. The molecule has 2 aromatic carbocycles. The maximum atomic E-state index is 13.0. The number of nitrogens with zero attached hydrogens (tertiary/aromatic N) is 4. The molecule has 11 nitrogen and oxygen atoms in total. The predicted molar refractivity (Wildman–Crippen MR) is 135 cm³/mol. The molecule has 192 valence electrons. The molecule has 2 aromatic heterocycles. The number of benzene rings is 2. The SMILES string of the molecule is CCn1cnc2c1C(=O)NC(O)N2Cc1ccc(CNS(=O)(=O)c2cc(-c3ccno3)ccc2C)cc1. The number of aryl methyl sites for hydroxylation is 2. The summed E-state index contributed by atoms with van der Waals surface area (Å²) in [5.41, 5.74) is 3.26. The molecule has 0 saturated heterocycles. The molecule has 0 bridgehead atoms. The number of sulfonamides is 1. The topological polar surface area (TPSA) is 143 Å². The summed E-state index contributed by atoms with van der Waals surface area (Å²) in [6.07, 6.45) is 1.87. The summed E-state index contributed by atoms with van der Waals surface area (Å²) in [4.78, 5) is 18.4. The van der Waals surface area contributed by atoms with Gasteiger partial charge in [-0.3, -0.25) is 4.79 Å². The number of aliphatic hydroxyl groups excluding tert-OH is 1. The number of imidazole rings is 1. The van der Waals surface area contributed by atoms with Gasteiger partial charge in [-0.2, -0.15) is 0 Å². The van der Waals surface area contributed by atoms with Crippen LogP contribution >= 0.6 is 0 Å². The van der Waals surface area contributed by atoms with E-state index in [9.17, 15) is 18.3 Å². The van der Waals surface area contributed by atoms with Crippen LogP contribution in [-0.4, -0.2) is 40.5 Å². The maximum Gasteiger partial charge on any atom is 0.275 e. The van der Waals surface area contributed by atoms with E-state index in [0.717, 1.165) is 11.1 Å². The molecule has 1 amide bonds. The van der Waals surface area contributed by atoms with Crippen LogP contribution in [0.2, 0.25) is 0 Å². The number of hydrogen-bond acceptors (Lipinski definition) is 8. The molecule has 1 unspecified atom stereocenters. The first-order valence-corrected chi connectivity index (χ1v) is 13.1. The van der Waals surface area contributed by atoms with E-state index in [-0.39, 0.29) is 17.3 Å². The second-order valence-corrected chi connectivity index (χ2v) is 10.4. The Morgan fingerprint density at radius 2 is 1.89 bits per heavy atom. The van der Waals surface area contributed by atoms with Crippen molar-refractivity contribution in [3.8, 4) is 11.3 Å². The van der Waals surface area contributed by atoms with Crippen LogP contribution in [0.15, 0.2) is 70.5 Å². The molecule has 1 aliphatic heterocycles. The van der Waals surface area contributed by atoms with Crippen LogP contribution in [0.25, 0.3) is 11.3 Å². The van der Waals surface area contributed by atoms with Crippen molar-refractivity contribution in [1.82, 2.24) is 24.7 Å². The summed E-state index contributed by atoms with van der Waals surface area (Å²) in [6, 6.07) is 14.1. The monoisotopic (exact) mass is 522 g/mol. The van der Waals surface area contributed by atoms with Gasteiger partial charge in [-0.25, -0.2) is 18.1 Å². The minimum absolute atomic E-state index is 0.0992. The van der Waals surface area contributed by atoms with E-state index >= 15 is 0 Å². The Labute approximate surface area is 213 Å². The van der Waals surface area contributed by atoms with Gasteiger partial charge in [0.25, 0.3) is 5.91 Å². The molecule has 3 N–H and O–H groups in total. The molecular formula is C25H26N6O5S. The van der Waals surface area contributed by atoms with Crippen molar-refractivity contribution in [1.29, 1.82) is 0 Å². The van der Waals surface area contributed by atoms with Crippen LogP contribution in [0.5, 0.6) is 0 Å². The standard InChI is InChI=1S/C25H26N6O5S/c1-3-30-15-26-23-22(30)24(32)29-25(33)31(23)14-18-7-5-17(6-8-18)13-28-37(34,35)21-12-19(9-4-16(21)2)20-10-11-27-36-20/h4-12,15,25,28,33H,3,13-14H2,1-2H3,(H,29,32). The Kier molecular flexibility index (Phi) is 6.54. The smallest absolute Gasteiger partial charge is 0.275 e. The summed E-state index contributed by atoms with van der Waals surface area (Å²) in [5, 5.41) is 16.6. The molecule has 1 atom stereocenters. The lowest BCUT2D eigenvalue weighted by atomic mass is 10.1.